The molecule has 0 spiro atoms. The zero-order valence-electron chi connectivity index (χ0n) is 11.8. The lowest BCUT2D eigenvalue weighted by Crippen LogP contribution is -2.13. The minimum atomic E-state index is -0.287. The third-order valence-corrected chi connectivity index (χ3v) is 3.97. The van der Waals surface area contributed by atoms with Crippen molar-refractivity contribution >= 4 is 34.5 Å². The maximum absolute atomic E-state index is 12.8. The number of oxazole rings is 1. The van der Waals surface area contributed by atoms with Gasteiger partial charge in [-0.3, -0.25) is 4.79 Å². The van der Waals surface area contributed by atoms with Crippen molar-refractivity contribution in [1.29, 1.82) is 0 Å². The van der Waals surface area contributed by atoms with Gasteiger partial charge in [0.05, 0.1) is 5.75 Å². The Morgan fingerprint density at radius 2 is 2.05 bits per heavy atom. The second-order valence-corrected chi connectivity index (χ2v) is 5.75. The molecule has 0 saturated heterocycles. The van der Waals surface area contributed by atoms with Gasteiger partial charge in [0, 0.05) is 17.5 Å². The molecule has 0 bridgehead atoms. The van der Waals surface area contributed by atoms with E-state index in [4.69, 9.17) is 4.42 Å². The van der Waals surface area contributed by atoms with Crippen molar-refractivity contribution in [2.45, 2.75) is 11.8 Å². The van der Waals surface area contributed by atoms with Gasteiger partial charge in [0.1, 0.15) is 11.3 Å². The van der Waals surface area contributed by atoms with Crippen molar-refractivity contribution in [3.8, 4) is 0 Å². The topological polar surface area (TPSA) is 55.1 Å². The normalized spacial score (nSPS) is 10.8. The average molecular weight is 316 g/mol. The maximum Gasteiger partial charge on any atom is 0.234 e. The molecule has 0 saturated carbocycles. The molecule has 1 N–H and O–H groups in total. The van der Waals surface area contributed by atoms with Crippen molar-refractivity contribution in [2.24, 2.45) is 0 Å². The largest absolute Gasteiger partial charge is 0.441 e. The first-order chi connectivity index (χ1) is 10.6. The predicted molar refractivity (Wildman–Crippen MR) is 84.5 cm³/mol. The number of rotatable bonds is 4. The molecule has 1 heterocycles. The number of fused-ring (bicyclic) bond motifs is 1. The summed E-state index contributed by atoms with van der Waals surface area (Å²) < 4.78 is 18.2. The van der Waals surface area contributed by atoms with Crippen LogP contribution in [0.2, 0.25) is 0 Å². The fraction of sp³-hybridized carbons (Fsp3) is 0.125. The fourth-order valence-electron chi connectivity index (χ4n) is 2.00. The number of anilines is 1. The third kappa shape index (κ3) is 3.46. The molecule has 3 aromatic rings. The first-order valence-corrected chi connectivity index (χ1v) is 7.64. The summed E-state index contributed by atoms with van der Waals surface area (Å²) in [4.78, 5) is 17.0. The summed E-state index contributed by atoms with van der Waals surface area (Å²) in [7, 11) is 0. The number of hydrogen-bond acceptors (Lipinski definition) is 4. The van der Waals surface area contributed by atoms with Gasteiger partial charge in [-0.25, -0.2) is 9.37 Å². The Bertz CT molecular complexity index is 815. The van der Waals surface area contributed by atoms with Crippen molar-refractivity contribution in [3.63, 3.8) is 0 Å². The second-order valence-electron chi connectivity index (χ2n) is 4.71. The molecule has 2 aromatic carbocycles. The standard InChI is InChI=1S/C16H13FN2O2S/c1-10-18-14-8-12(4-7-15(14)21-10)19-16(20)9-22-13-5-2-11(17)3-6-13/h2-8H,9H2,1H3,(H,19,20). The van der Waals surface area contributed by atoms with Crippen molar-refractivity contribution < 1.29 is 13.6 Å². The minimum absolute atomic E-state index is 0.131. The van der Waals surface area contributed by atoms with E-state index in [1.165, 1.54) is 23.9 Å². The number of benzene rings is 2. The van der Waals surface area contributed by atoms with Crippen LogP contribution in [0.15, 0.2) is 51.8 Å². The maximum atomic E-state index is 12.8. The molecule has 3 rings (SSSR count). The quantitative estimate of drug-likeness (QED) is 0.739. The monoisotopic (exact) mass is 316 g/mol. The summed E-state index contributed by atoms with van der Waals surface area (Å²) in [5, 5.41) is 2.81. The van der Waals surface area contributed by atoms with Crippen LogP contribution in [0.3, 0.4) is 0 Å². The molecule has 112 valence electrons. The smallest absolute Gasteiger partial charge is 0.234 e. The van der Waals surface area contributed by atoms with Crippen LogP contribution in [0.25, 0.3) is 11.1 Å². The predicted octanol–water partition coefficient (Wildman–Crippen LogP) is 4.01. The zero-order chi connectivity index (χ0) is 15.5. The van der Waals surface area contributed by atoms with Crippen LogP contribution in [0, 0.1) is 12.7 Å². The number of hydrogen-bond donors (Lipinski definition) is 1. The number of carbonyl (C=O) groups is 1. The molecule has 22 heavy (non-hydrogen) atoms. The lowest BCUT2D eigenvalue weighted by Gasteiger charge is -2.05. The Balaban J connectivity index is 1.61. The van der Waals surface area contributed by atoms with Crippen LogP contribution >= 0.6 is 11.8 Å². The van der Waals surface area contributed by atoms with E-state index in [9.17, 15) is 9.18 Å². The highest BCUT2D eigenvalue weighted by Gasteiger charge is 2.07. The van der Waals surface area contributed by atoms with Crippen LogP contribution in [0.5, 0.6) is 0 Å². The first-order valence-electron chi connectivity index (χ1n) is 6.65. The molecule has 6 heteroatoms. The minimum Gasteiger partial charge on any atom is -0.441 e. The van der Waals surface area contributed by atoms with Crippen molar-refractivity contribution in [1.82, 2.24) is 4.98 Å². The highest BCUT2D eigenvalue weighted by Crippen LogP contribution is 2.21. The van der Waals surface area contributed by atoms with E-state index in [0.717, 1.165) is 4.90 Å². The van der Waals surface area contributed by atoms with Gasteiger partial charge >= 0.3 is 0 Å². The van der Waals surface area contributed by atoms with E-state index < -0.39 is 0 Å². The van der Waals surface area contributed by atoms with Gasteiger partial charge in [0.25, 0.3) is 0 Å². The summed E-state index contributed by atoms with van der Waals surface area (Å²) in [6, 6.07) is 11.4. The van der Waals surface area contributed by atoms with Gasteiger partial charge < -0.3 is 9.73 Å². The lowest BCUT2D eigenvalue weighted by atomic mass is 10.3. The molecular formula is C16H13FN2O2S. The van der Waals surface area contributed by atoms with Gasteiger partial charge in [-0.15, -0.1) is 11.8 Å². The van der Waals surface area contributed by atoms with Crippen molar-refractivity contribution in [3.05, 3.63) is 54.2 Å². The molecule has 1 amide bonds. The van der Waals surface area contributed by atoms with E-state index in [1.54, 1.807) is 37.3 Å². The Morgan fingerprint density at radius 1 is 1.27 bits per heavy atom. The van der Waals surface area contributed by atoms with Crippen LogP contribution in [-0.4, -0.2) is 16.6 Å². The molecular weight excluding hydrogens is 303 g/mol. The number of aryl methyl sites for hydroxylation is 1. The number of amides is 1. The molecule has 0 aliphatic carbocycles. The van der Waals surface area contributed by atoms with E-state index >= 15 is 0 Å². The summed E-state index contributed by atoms with van der Waals surface area (Å²) in [6.45, 7) is 1.78. The van der Waals surface area contributed by atoms with Crippen molar-refractivity contribution in [2.75, 3.05) is 11.1 Å². The van der Waals surface area contributed by atoms with E-state index in [1.807, 2.05) is 0 Å². The van der Waals surface area contributed by atoms with Crippen LogP contribution in [0.4, 0.5) is 10.1 Å². The molecule has 0 radical (unpaired) electrons. The SMILES string of the molecule is Cc1nc2cc(NC(=O)CSc3ccc(F)cc3)ccc2o1. The number of halogens is 1. The Kier molecular flexibility index (Phi) is 4.11. The second kappa shape index (κ2) is 6.19. The fourth-order valence-corrected chi connectivity index (χ4v) is 2.70. The molecule has 0 unspecified atom stereocenters. The average Bonchev–Trinajstić information content (AvgIpc) is 2.86. The summed E-state index contributed by atoms with van der Waals surface area (Å²) >= 11 is 1.35. The first kappa shape index (κ1) is 14.6. The number of nitrogens with zero attached hydrogens (tertiary/aromatic N) is 1. The Labute approximate surface area is 130 Å². The van der Waals surface area contributed by atoms with Crippen LogP contribution in [0.1, 0.15) is 5.89 Å². The summed E-state index contributed by atoms with van der Waals surface area (Å²) in [5.74, 6) is 0.422. The van der Waals surface area contributed by atoms with Gasteiger partial charge in [0.15, 0.2) is 11.5 Å². The zero-order valence-corrected chi connectivity index (χ0v) is 12.6. The molecule has 0 atom stereocenters. The number of aromatic nitrogens is 1. The Morgan fingerprint density at radius 3 is 2.82 bits per heavy atom. The number of thioether (sulfide) groups is 1. The molecule has 0 fully saturated rings. The van der Waals surface area contributed by atoms with Gasteiger partial charge in [-0.1, -0.05) is 0 Å². The molecule has 4 nitrogen and oxygen atoms in total. The highest BCUT2D eigenvalue weighted by molar-refractivity contribution is 8.00. The van der Waals surface area contributed by atoms with E-state index in [2.05, 4.69) is 10.3 Å². The van der Waals surface area contributed by atoms with Gasteiger partial charge in [-0.05, 0) is 42.5 Å². The van der Waals surface area contributed by atoms with Gasteiger partial charge in [-0.2, -0.15) is 0 Å². The number of nitrogens with one attached hydrogen (secondary N) is 1. The molecule has 0 aliphatic rings. The molecule has 0 aliphatic heterocycles. The van der Waals surface area contributed by atoms with Crippen LogP contribution in [-0.2, 0) is 4.79 Å². The van der Waals surface area contributed by atoms with E-state index in [0.29, 0.717) is 22.7 Å². The lowest BCUT2D eigenvalue weighted by molar-refractivity contribution is -0.113. The van der Waals surface area contributed by atoms with Crippen LogP contribution < -0.4 is 5.32 Å². The van der Waals surface area contributed by atoms with Gasteiger partial charge in [0.2, 0.25) is 5.91 Å². The number of carbonyl (C=O) groups excluding carboxylic acids is 1. The highest BCUT2D eigenvalue weighted by atomic mass is 32.2. The molecule has 1 aromatic heterocycles. The summed E-state index contributed by atoms with van der Waals surface area (Å²) in [6.07, 6.45) is 0. The summed E-state index contributed by atoms with van der Waals surface area (Å²) in [5.41, 5.74) is 2.07. The Hall–Kier alpha value is -2.34. The third-order valence-electron chi connectivity index (χ3n) is 2.96. The van der Waals surface area contributed by atoms with E-state index in [-0.39, 0.29) is 17.5 Å².